The number of aryl methyl sites for hydroxylation is 1. The lowest BCUT2D eigenvalue weighted by Gasteiger charge is -2.00. The molecule has 84 valence electrons. The lowest BCUT2D eigenvalue weighted by molar-refractivity contribution is 0.779. The topological polar surface area (TPSA) is 12.9 Å². The van der Waals surface area contributed by atoms with Crippen molar-refractivity contribution in [3.8, 4) is 0 Å². The first-order valence-corrected chi connectivity index (χ1v) is 6.91. The van der Waals surface area contributed by atoms with Crippen molar-refractivity contribution in [1.29, 1.82) is 0 Å². The van der Waals surface area contributed by atoms with E-state index in [0.717, 1.165) is 11.4 Å². The summed E-state index contributed by atoms with van der Waals surface area (Å²) in [5, 5.41) is 2.12. The van der Waals surface area contributed by atoms with Gasteiger partial charge >= 0.3 is 0 Å². The van der Waals surface area contributed by atoms with Crippen LogP contribution in [0.3, 0.4) is 0 Å². The Morgan fingerprint density at radius 1 is 1.44 bits per heavy atom. The van der Waals surface area contributed by atoms with E-state index in [1.165, 1.54) is 33.6 Å². The average Bonchev–Trinajstić information content (AvgIpc) is 2.86. The zero-order valence-electron chi connectivity index (χ0n) is 9.51. The van der Waals surface area contributed by atoms with Crippen LogP contribution in [0.15, 0.2) is 12.1 Å². The van der Waals surface area contributed by atoms with E-state index in [-0.39, 0.29) is 0 Å². The Bertz CT molecular complexity index is 554. The predicted molar refractivity (Wildman–Crippen MR) is 70.6 cm³/mol. The summed E-state index contributed by atoms with van der Waals surface area (Å²) in [5.41, 5.74) is 2.80. The molecule has 1 aliphatic rings. The number of aromatic nitrogens is 1. The number of rotatable bonds is 2. The van der Waals surface area contributed by atoms with Gasteiger partial charge in [-0.2, -0.15) is 0 Å². The summed E-state index contributed by atoms with van der Waals surface area (Å²) < 4.78 is 1.24. The molecule has 0 unspecified atom stereocenters. The molecule has 1 aromatic heterocycles. The number of nitrogens with zero attached hydrogens (tertiary/aromatic N) is 1. The van der Waals surface area contributed by atoms with Gasteiger partial charge < -0.3 is 0 Å². The fourth-order valence-electron chi connectivity index (χ4n) is 1.99. The van der Waals surface area contributed by atoms with Crippen molar-refractivity contribution < 1.29 is 0 Å². The first kappa shape index (κ1) is 10.5. The lowest BCUT2D eigenvalue weighted by atomic mass is 10.1. The van der Waals surface area contributed by atoms with Crippen LogP contribution in [0, 0.1) is 0 Å². The Morgan fingerprint density at radius 3 is 2.81 bits per heavy atom. The van der Waals surface area contributed by atoms with Crippen LogP contribution in [0.5, 0.6) is 0 Å². The molecule has 3 heteroatoms. The van der Waals surface area contributed by atoms with Gasteiger partial charge in [-0.25, -0.2) is 4.98 Å². The number of hydrogen-bond acceptors (Lipinski definition) is 2. The minimum atomic E-state index is 0.362. The zero-order chi connectivity index (χ0) is 11.3. The van der Waals surface area contributed by atoms with Crippen molar-refractivity contribution >= 4 is 33.2 Å². The molecular weight excluding hydrogens is 238 g/mol. The van der Waals surface area contributed by atoms with Gasteiger partial charge in [0.2, 0.25) is 0 Å². The molecule has 0 radical (unpaired) electrons. The summed E-state index contributed by atoms with van der Waals surface area (Å²) in [7, 11) is 0. The molecule has 1 heterocycles. The Balaban J connectivity index is 2.23. The molecule has 0 spiro atoms. The van der Waals surface area contributed by atoms with Crippen molar-refractivity contribution in [1.82, 2.24) is 4.98 Å². The van der Waals surface area contributed by atoms with E-state index in [1.54, 1.807) is 0 Å². The first-order valence-electron chi connectivity index (χ1n) is 5.72. The number of halogens is 1. The molecule has 0 amide bonds. The second-order valence-electron chi connectivity index (χ2n) is 4.84. The van der Waals surface area contributed by atoms with E-state index in [1.807, 2.05) is 23.5 Å². The van der Waals surface area contributed by atoms with Crippen LogP contribution in [-0.2, 0) is 11.8 Å². The largest absolute Gasteiger partial charge is 0.240 e. The maximum Gasteiger partial charge on any atom is 0.0997 e. The molecule has 1 nitrogen and oxygen atoms in total. The van der Waals surface area contributed by atoms with E-state index in [9.17, 15) is 0 Å². The summed E-state index contributed by atoms with van der Waals surface area (Å²) in [5.74, 6) is 0. The number of thiazole rings is 1. The van der Waals surface area contributed by atoms with Crippen molar-refractivity contribution in [3.63, 3.8) is 0 Å². The van der Waals surface area contributed by atoms with Crippen molar-refractivity contribution in [2.24, 2.45) is 0 Å². The Morgan fingerprint density at radius 2 is 2.19 bits per heavy atom. The second-order valence-corrected chi connectivity index (χ2v) is 6.31. The van der Waals surface area contributed by atoms with Crippen LogP contribution < -0.4 is 0 Å². The van der Waals surface area contributed by atoms with E-state index < -0.39 is 0 Å². The Labute approximate surface area is 104 Å². The van der Waals surface area contributed by atoms with Gasteiger partial charge in [0.05, 0.1) is 15.2 Å². The molecule has 0 N–H and O–H groups in total. The Kier molecular flexibility index (Phi) is 2.27. The van der Waals surface area contributed by atoms with Gasteiger partial charge in [0.1, 0.15) is 0 Å². The highest BCUT2D eigenvalue weighted by molar-refractivity contribution is 7.18. The molecule has 1 aliphatic carbocycles. The van der Waals surface area contributed by atoms with Crippen LogP contribution in [0.25, 0.3) is 10.2 Å². The normalized spacial score (nSPS) is 17.9. The zero-order valence-corrected chi connectivity index (χ0v) is 11.1. The summed E-state index contributed by atoms with van der Waals surface area (Å²) in [6, 6.07) is 4.09. The lowest BCUT2D eigenvalue weighted by Crippen LogP contribution is -1.97. The minimum absolute atomic E-state index is 0.362. The van der Waals surface area contributed by atoms with Gasteiger partial charge in [-0.15, -0.1) is 11.3 Å². The number of fused-ring (bicyclic) bond motifs is 1. The van der Waals surface area contributed by atoms with Gasteiger partial charge in [-0.05, 0) is 37.0 Å². The summed E-state index contributed by atoms with van der Waals surface area (Å²) in [6.07, 6.45) is 3.56. The molecular formula is C13H14ClNS. The molecule has 16 heavy (non-hydrogen) atoms. The van der Waals surface area contributed by atoms with Gasteiger partial charge in [-0.3, -0.25) is 0 Å². The molecule has 0 bridgehead atoms. The molecule has 1 fully saturated rings. The second kappa shape index (κ2) is 3.44. The Hall–Kier alpha value is -0.600. The molecule has 0 aliphatic heterocycles. The van der Waals surface area contributed by atoms with Crippen LogP contribution in [0.4, 0.5) is 0 Å². The molecule has 1 saturated carbocycles. The van der Waals surface area contributed by atoms with Crippen LogP contribution in [0.1, 0.15) is 37.3 Å². The van der Waals surface area contributed by atoms with E-state index in [4.69, 9.17) is 16.6 Å². The number of benzene rings is 1. The average molecular weight is 252 g/mol. The first-order chi connectivity index (χ1) is 7.62. The third-order valence-corrected chi connectivity index (χ3v) is 4.96. The SMILES string of the molecule is CCc1cc(Cl)cc2sc(C3(C)CC3)nc12. The summed E-state index contributed by atoms with van der Waals surface area (Å²) >= 11 is 7.94. The highest BCUT2D eigenvalue weighted by Gasteiger charge is 2.42. The monoisotopic (exact) mass is 251 g/mol. The third-order valence-electron chi connectivity index (χ3n) is 3.44. The molecule has 2 aromatic rings. The highest BCUT2D eigenvalue weighted by atomic mass is 35.5. The van der Waals surface area contributed by atoms with Gasteiger partial charge in [-0.1, -0.05) is 25.4 Å². The quantitative estimate of drug-likeness (QED) is 0.762. The number of hydrogen-bond donors (Lipinski definition) is 0. The van der Waals surface area contributed by atoms with Crippen LogP contribution in [-0.4, -0.2) is 4.98 Å². The minimum Gasteiger partial charge on any atom is -0.240 e. The van der Waals surface area contributed by atoms with Crippen LogP contribution in [0.2, 0.25) is 5.02 Å². The predicted octanol–water partition coefficient (Wildman–Crippen LogP) is 4.56. The van der Waals surface area contributed by atoms with Crippen LogP contribution >= 0.6 is 22.9 Å². The molecule has 3 rings (SSSR count). The maximum atomic E-state index is 6.12. The highest BCUT2D eigenvalue weighted by Crippen LogP contribution is 2.50. The molecule has 1 aromatic carbocycles. The van der Waals surface area contributed by atoms with E-state index in [2.05, 4.69) is 13.8 Å². The fourth-order valence-corrected chi connectivity index (χ4v) is 3.55. The van der Waals surface area contributed by atoms with Gasteiger partial charge in [0.15, 0.2) is 0 Å². The van der Waals surface area contributed by atoms with Gasteiger partial charge in [0.25, 0.3) is 0 Å². The summed E-state index contributed by atoms with van der Waals surface area (Å²) in [4.78, 5) is 4.82. The van der Waals surface area contributed by atoms with E-state index >= 15 is 0 Å². The summed E-state index contributed by atoms with van der Waals surface area (Å²) in [6.45, 7) is 4.46. The standard InChI is InChI=1S/C13H14ClNS/c1-3-8-6-9(14)7-10-11(8)15-12(16-10)13(2)4-5-13/h6-7H,3-5H2,1-2H3. The molecule has 0 atom stereocenters. The van der Waals surface area contributed by atoms with Crippen molar-refractivity contribution in [3.05, 3.63) is 27.7 Å². The van der Waals surface area contributed by atoms with E-state index in [0.29, 0.717) is 5.41 Å². The smallest absolute Gasteiger partial charge is 0.0997 e. The third kappa shape index (κ3) is 1.56. The fraction of sp³-hybridized carbons (Fsp3) is 0.462. The van der Waals surface area contributed by atoms with Crippen molar-refractivity contribution in [2.75, 3.05) is 0 Å². The van der Waals surface area contributed by atoms with Gasteiger partial charge in [0, 0.05) is 10.4 Å². The van der Waals surface area contributed by atoms with Crippen molar-refractivity contribution in [2.45, 2.75) is 38.5 Å². The maximum absolute atomic E-state index is 6.12. The molecule has 0 saturated heterocycles.